The van der Waals surface area contributed by atoms with Gasteiger partial charge >= 0.3 is 0 Å². The lowest BCUT2D eigenvalue weighted by Gasteiger charge is -2.09. The van der Waals surface area contributed by atoms with Crippen LogP contribution in [0.3, 0.4) is 0 Å². The van der Waals surface area contributed by atoms with E-state index in [1.165, 1.54) is 11.1 Å². The molecule has 4 heteroatoms. The number of ether oxygens (including phenoxy) is 1. The molecule has 0 aliphatic carbocycles. The fourth-order valence-electron chi connectivity index (χ4n) is 1.67. The Morgan fingerprint density at radius 1 is 1.33 bits per heavy atom. The summed E-state index contributed by atoms with van der Waals surface area (Å²) in [5.41, 5.74) is 3.17. The summed E-state index contributed by atoms with van der Waals surface area (Å²) in [6.07, 6.45) is 0.776. The third-order valence-corrected chi connectivity index (χ3v) is 3.85. The average Bonchev–Trinajstić information content (AvgIpc) is 2.82. The van der Waals surface area contributed by atoms with Crippen molar-refractivity contribution in [2.75, 3.05) is 6.61 Å². The molecule has 0 amide bonds. The van der Waals surface area contributed by atoms with Crippen LogP contribution in [-0.2, 0) is 13.0 Å². The molecule has 0 atom stereocenters. The molecule has 0 aliphatic heterocycles. The van der Waals surface area contributed by atoms with Crippen LogP contribution >= 0.6 is 11.3 Å². The predicted molar refractivity (Wildman–Crippen MR) is 73.2 cm³/mol. The molecule has 3 nitrogen and oxygen atoms in total. The highest BCUT2D eigenvalue weighted by Gasteiger charge is 2.04. The molecule has 1 aromatic heterocycles. The Morgan fingerprint density at radius 2 is 2.17 bits per heavy atom. The number of thiazole rings is 1. The van der Waals surface area contributed by atoms with Crippen LogP contribution in [-0.4, -0.2) is 16.7 Å². The van der Waals surface area contributed by atoms with E-state index in [0.29, 0.717) is 6.61 Å². The summed E-state index contributed by atoms with van der Waals surface area (Å²) < 4.78 is 5.77. The minimum atomic E-state index is 0.00828. The van der Waals surface area contributed by atoms with E-state index in [0.717, 1.165) is 22.9 Å². The highest BCUT2D eigenvalue weighted by atomic mass is 32.1. The Balaban J connectivity index is 1.90. The van der Waals surface area contributed by atoms with E-state index in [1.54, 1.807) is 11.3 Å². The van der Waals surface area contributed by atoms with Crippen molar-refractivity contribution >= 4 is 11.3 Å². The van der Waals surface area contributed by atoms with Gasteiger partial charge < -0.3 is 9.84 Å². The maximum Gasteiger partial charge on any atom is 0.122 e. The first kappa shape index (κ1) is 13.1. The van der Waals surface area contributed by atoms with Gasteiger partial charge in [0.2, 0.25) is 0 Å². The minimum Gasteiger partial charge on any atom is -0.493 e. The first-order valence-corrected chi connectivity index (χ1v) is 6.82. The van der Waals surface area contributed by atoms with Gasteiger partial charge in [0.25, 0.3) is 0 Å². The molecule has 1 N–H and O–H groups in total. The van der Waals surface area contributed by atoms with Crippen LogP contribution in [0.2, 0.25) is 0 Å². The number of nitrogens with zero attached hydrogens (tertiary/aromatic N) is 1. The Labute approximate surface area is 111 Å². The van der Waals surface area contributed by atoms with Crippen molar-refractivity contribution in [1.29, 1.82) is 0 Å². The van der Waals surface area contributed by atoms with E-state index in [9.17, 15) is 0 Å². The lowest BCUT2D eigenvalue weighted by molar-refractivity contribution is 0.277. The summed E-state index contributed by atoms with van der Waals surface area (Å²) in [5.74, 6) is 0.939. The molecule has 1 heterocycles. The number of aromatic nitrogens is 1. The molecule has 96 valence electrons. The van der Waals surface area contributed by atoms with Gasteiger partial charge in [-0.1, -0.05) is 12.1 Å². The van der Waals surface area contributed by atoms with Crippen LogP contribution in [0.5, 0.6) is 5.75 Å². The molecular formula is C14H17NO2S. The van der Waals surface area contributed by atoms with Crippen molar-refractivity contribution in [3.63, 3.8) is 0 Å². The van der Waals surface area contributed by atoms with Crippen molar-refractivity contribution in [1.82, 2.24) is 4.98 Å². The Morgan fingerprint density at radius 3 is 2.89 bits per heavy atom. The molecule has 0 unspecified atom stereocenters. The van der Waals surface area contributed by atoms with Gasteiger partial charge in [-0.25, -0.2) is 4.98 Å². The van der Waals surface area contributed by atoms with Crippen LogP contribution in [0, 0.1) is 13.8 Å². The fourth-order valence-corrected chi connectivity index (χ4v) is 2.44. The van der Waals surface area contributed by atoms with Gasteiger partial charge in [-0.3, -0.25) is 0 Å². The van der Waals surface area contributed by atoms with Crippen LogP contribution in [0.4, 0.5) is 0 Å². The molecule has 0 aliphatic rings. The number of aliphatic hydroxyl groups is 1. The number of aryl methyl sites for hydroxylation is 1. The zero-order chi connectivity index (χ0) is 13.0. The van der Waals surface area contributed by atoms with Crippen LogP contribution in [0.25, 0.3) is 0 Å². The monoisotopic (exact) mass is 263 g/mol. The number of rotatable bonds is 5. The molecule has 0 spiro atoms. The predicted octanol–water partition coefficient (Wildman–Crippen LogP) is 2.87. The zero-order valence-electron chi connectivity index (χ0n) is 10.6. The van der Waals surface area contributed by atoms with Gasteiger partial charge in [0.15, 0.2) is 0 Å². The van der Waals surface area contributed by atoms with Crippen LogP contribution in [0.1, 0.15) is 21.8 Å². The number of aliphatic hydroxyl groups excluding tert-OH is 1. The summed E-state index contributed by atoms with van der Waals surface area (Å²) in [5, 5.41) is 11.8. The molecular weight excluding hydrogens is 246 g/mol. The van der Waals surface area contributed by atoms with Gasteiger partial charge in [0.1, 0.15) is 5.75 Å². The Bertz CT molecular complexity index is 522. The minimum absolute atomic E-state index is 0.00828. The molecule has 18 heavy (non-hydrogen) atoms. The maximum absolute atomic E-state index is 8.93. The third kappa shape index (κ3) is 3.09. The number of hydrogen-bond acceptors (Lipinski definition) is 4. The van der Waals surface area contributed by atoms with Gasteiger partial charge in [0, 0.05) is 11.8 Å². The van der Waals surface area contributed by atoms with Gasteiger partial charge in [-0.2, -0.15) is 0 Å². The Hall–Kier alpha value is -1.39. The summed E-state index contributed by atoms with van der Waals surface area (Å²) in [6.45, 7) is 4.77. The van der Waals surface area contributed by atoms with E-state index in [-0.39, 0.29) is 6.61 Å². The third-order valence-electron chi connectivity index (χ3n) is 2.89. The lowest BCUT2D eigenvalue weighted by Crippen LogP contribution is -2.03. The van der Waals surface area contributed by atoms with E-state index < -0.39 is 0 Å². The highest BCUT2D eigenvalue weighted by Crippen LogP contribution is 2.21. The van der Waals surface area contributed by atoms with Crippen LogP contribution < -0.4 is 4.74 Å². The Kier molecular flexibility index (Phi) is 4.33. The van der Waals surface area contributed by atoms with Crippen molar-refractivity contribution in [2.24, 2.45) is 0 Å². The molecule has 0 fully saturated rings. The zero-order valence-corrected chi connectivity index (χ0v) is 11.5. The molecule has 1 aromatic carbocycles. The summed E-state index contributed by atoms with van der Waals surface area (Å²) in [6, 6.07) is 6.07. The van der Waals surface area contributed by atoms with Crippen molar-refractivity contribution in [2.45, 2.75) is 26.9 Å². The maximum atomic E-state index is 8.93. The molecule has 2 aromatic rings. The standard InChI is InChI=1S/C14H17NO2S/c1-10-4-3-5-13(11(10)2)17-7-6-14-15-12(8-16)9-18-14/h3-5,9,16H,6-8H2,1-2H3. The molecule has 0 saturated carbocycles. The summed E-state index contributed by atoms with van der Waals surface area (Å²) in [4.78, 5) is 4.29. The fraction of sp³-hybridized carbons (Fsp3) is 0.357. The second-order valence-corrected chi connectivity index (χ2v) is 5.13. The van der Waals surface area contributed by atoms with E-state index in [4.69, 9.17) is 9.84 Å². The first-order valence-electron chi connectivity index (χ1n) is 5.94. The molecule has 0 saturated heterocycles. The number of hydrogen-bond donors (Lipinski definition) is 1. The quantitative estimate of drug-likeness (QED) is 0.902. The topological polar surface area (TPSA) is 42.4 Å². The summed E-state index contributed by atoms with van der Waals surface area (Å²) >= 11 is 1.57. The first-order chi connectivity index (χ1) is 8.70. The van der Waals surface area contributed by atoms with Gasteiger partial charge in [-0.15, -0.1) is 11.3 Å². The normalized spacial score (nSPS) is 10.6. The van der Waals surface area contributed by atoms with E-state index in [1.807, 2.05) is 17.5 Å². The summed E-state index contributed by atoms with van der Waals surface area (Å²) in [7, 11) is 0. The second-order valence-electron chi connectivity index (χ2n) is 4.19. The van der Waals surface area contributed by atoms with Crippen LogP contribution in [0.15, 0.2) is 23.6 Å². The van der Waals surface area contributed by atoms with E-state index >= 15 is 0 Å². The highest BCUT2D eigenvalue weighted by molar-refractivity contribution is 7.09. The van der Waals surface area contributed by atoms with Crippen molar-refractivity contribution in [3.8, 4) is 5.75 Å². The largest absolute Gasteiger partial charge is 0.493 e. The number of benzene rings is 1. The van der Waals surface area contributed by atoms with Gasteiger partial charge in [0.05, 0.1) is 23.9 Å². The van der Waals surface area contributed by atoms with Gasteiger partial charge in [-0.05, 0) is 31.0 Å². The smallest absolute Gasteiger partial charge is 0.122 e. The van der Waals surface area contributed by atoms with E-state index in [2.05, 4.69) is 24.9 Å². The SMILES string of the molecule is Cc1cccc(OCCc2nc(CO)cs2)c1C. The second kappa shape index (κ2) is 5.98. The van der Waals surface area contributed by atoms with Crippen molar-refractivity contribution < 1.29 is 9.84 Å². The molecule has 2 rings (SSSR count). The molecule has 0 bridgehead atoms. The lowest BCUT2D eigenvalue weighted by atomic mass is 10.1. The average molecular weight is 263 g/mol. The molecule has 0 radical (unpaired) electrons. The van der Waals surface area contributed by atoms with Crippen molar-refractivity contribution in [3.05, 3.63) is 45.4 Å².